The maximum absolute atomic E-state index is 14.6. The van der Waals surface area contributed by atoms with E-state index in [2.05, 4.69) is 35.3 Å². The first kappa shape index (κ1) is 18.5. The molecule has 0 spiro atoms. The number of fused-ring (bicyclic) bond motifs is 2. The molecule has 0 aliphatic heterocycles. The molecular weight excluding hydrogens is 405 g/mol. The number of nitrogens with zero attached hydrogens (tertiary/aromatic N) is 8. The number of pyridine rings is 1. The molecule has 154 valence electrons. The molecule has 2 N–H and O–H groups in total. The zero-order valence-electron chi connectivity index (χ0n) is 16.1. The first-order valence-corrected chi connectivity index (χ1v) is 9.14. The molecule has 0 atom stereocenters. The lowest BCUT2D eigenvalue weighted by Gasteiger charge is -2.06. The lowest BCUT2D eigenvalue weighted by atomic mass is 10.1. The predicted octanol–water partition coefficient (Wildman–Crippen LogP) is 1.42. The van der Waals surface area contributed by atoms with Gasteiger partial charge in [0.1, 0.15) is 11.5 Å². The molecule has 0 amide bonds. The average molecular weight is 419 g/mol. The van der Waals surface area contributed by atoms with E-state index in [1.165, 1.54) is 16.9 Å². The molecular formula is C19H14FN9O2. The Bertz CT molecular complexity index is 1530. The van der Waals surface area contributed by atoms with E-state index in [1.807, 2.05) is 6.07 Å². The van der Waals surface area contributed by atoms with Crippen molar-refractivity contribution in [3.8, 4) is 5.88 Å². The molecule has 0 radical (unpaired) electrons. The minimum Gasteiger partial charge on any atom is -0.493 e. The van der Waals surface area contributed by atoms with Crippen molar-refractivity contribution in [1.29, 1.82) is 0 Å². The van der Waals surface area contributed by atoms with Crippen LogP contribution < -0.4 is 5.69 Å². The van der Waals surface area contributed by atoms with Gasteiger partial charge in [-0.05, 0) is 19.1 Å². The highest BCUT2D eigenvalue weighted by Crippen LogP contribution is 2.19. The fourth-order valence-electron chi connectivity index (χ4n) is 3.12. The fraction of sp³-hybridized carbons (Fsp3) is 0.105. The topological polar surface area (TPSA) is 140 Å². The molecule has 11 nitrogen and oxygen atoms in total. The van der Waals surface area contributed by atoms with Gasteiger partial charge in [-0.25, -0.2) is 23.8 Å². The van der Waals surface area contributed by atoms with E-state index < -0.39 is 11.5 Å². The van der Waals surface area contributed by atoms with Gasteiger partial charge in [0.2, 0.25) is 11.5 Å². The van der Waals surface area contributed by atoms with E-state index in [9.17, 15) is 14.3 Å². The largest absolute Gasteiger partial charge is 0.493 e. The highest BCUT2D eigenvalue weighted by molar-refractivity contribution is 5.97. The van der Waals surface area contributed by atoms with Crippen LogP contribution in [0.5, 0.6) is 5.88 Å². The van der Waals surface area contributed by atoms with E-state index in [4.69, 9.17) is 0 Å². The number of halogens is 1. The number of H-pyrrole nitrogens is 1. The predicted molar refractivity (Wildman–Crippen MR) is 108 cm³/mol. The van der Waals surface area contributed by atoms with Gasteiger partial charge in [0, 0.05) is 23.2 Å². The molecule has 0 unspecified atom stereocenters. The van der Waals surface area contributed by atoms with Crippen LogP contribution in [0.25, 0.3) is 22.2 Å². The Morgan fingerprint density at radius 3 is 3.00 bits per heavy atom. The molecule has 4 aromatic heterocycles. The maximum atomic E-state index is 14.6. The van der Waals surface area contributed by atoms with Crippen LogP contribution in [-0.4, -0.2) is 50.4 Å². The summed E-state index contributed by atoms with van der Waals surface area (Å²) in [4.78, 5) is 26.7. The van der Waals surface area contributed by atoms with Crippen LogP contribution in [0.3, 0.4) is 0 Å². The van der Waals surface area contributed by atoms with Crippen LogP contribution in [0.15, 0.2) is 52.8 Å². The number of aromatic amines is 1. The van der Waals surface area contributed by atoms with E-state index in [1.54, 1.807) is 25.3 Å². The lowest BCUT2D eigenvalue weighted by Crippen LogP contribution is -2.14. The third-order valence-corrected chi connectivity index (χ3v) is 4.63. The second kappa shape index (κ2) is 7.09. The number of rotatable bonds is 4. The van der Waals surface area contributed by atoms with E-state index in [0.717, 1.165) is 16.3 Å². The summed E-state index contributed by atoms with van der Waals surface area (Å²) in [6.45, 7) is 1.73. The monoisotopic (exact) mass is 419 g/mol. The Balaban J connectivity index is 1.53. The van der Waals surface area contributed by atoms with Crippen molar-refractivity contribution in [3.63, 3.8) is 0 Å². The van der Waals surface area contributed by atoms with Crippen LogP contribution in [0.2, 0.25) is 0 Å². The minimum atomic E-state index is -0.598. The second-order valence-electron chi connectivity index (χ2n) is 6.76. The zero-order chi connectivity index (χ0) is 21.5. The van der Waals surface area contributed by atoms with Crippen LogP contribution in [-0.2, 0) is 6.54 Å². The third kappa shape index (κ3) is 3.39. The number of nitrogens with one attached hydrogen (secondary N) is 1. The normalized spacial score (nSPS) is 12.1. The molecule has 31 heavy (non-hydrogen) atoms. The summed E-state index contributed by atoms with van der Waals surface area (Å²) >= 11 is 0. The van der Waals surface area contributed by atoms with Gasteiger partial charge >= 0.3 is 5.69 Å². The standard InChI is InChI=1S/C19H14FN9O2/c1-10(26-29-9-16(30)24-19(29)31)15-7-22-17-18(23-15)28(27-25-17)8-12-5-11-3-2-4-21-14(11)6-13(12)20/h2-7,9,30H,8H2,1H3,(H,24,31). The van der Waals surface area contributed by atoms with E-state index in [0.29, 0.717) is 28.1 Å². The Kier molecular flexibility index (Phi) is 4.24. The molecule has 0 bridgehead atoms. The van der Waals surface area contributed by atoms with Crippen molar-refractivity contribution < 1.29 is 9.50 Å². The van der Waals surface area contributed by atoms with E-state index >= 15 is 0 Å². The molecule has 0 aliphatic carbocycles. The summed E-state index contributed by atoms with van der Waals surface area (Å²) in [7, 11) is 0. The molecule has 0 fully saturated rings. The fourth-order valence-corrected chi connectivity index (χ4v) is 3.12. The Morgan fingerprint density at radius 1 is 1.32 bits per heavy atom. The van der Waals surface area contributed by atoms with Gasteiger partial charge in [-0.3, -0.25) is 9.97 Å². The number of benzene rings is 1. The molecule has 5 rings (SSSR count). The summed E-state index contributed by atoms with van der Waals surface area (Å²) < 4.78 is 17.0. The molecule has 0 saturated carbocycles. The van der Waals surface area contributed by atoms with Gasteiger partial charge in [0.05, 0.1) is 30.2 Å². The lowest BCUT2D eigenvalue weighted by molar-refractivity contribution is 0.455. The maximum Gasteiger partial charge on any atom is 0.349 e. The molecule has 0 saturated heterocycles. The zero-order valence-corrected chi connectivity index (χ0v) is 16.1. The van der Waals surface area contributed by atoms with Crippen molar-refractivity contribution in [1.82, 2.24) is 39.6 Å². The van der Waals surface area contributed by atoms with Crippen molar-refractivity contribution in [2.45, 2.75) is 13.5 Å². The van der Waals surface area contributed by atoms with Crippen LogP contribution in [0.4, 0.5) is 4.39 Å². The summed E-state index contributed by atoms with van der Waals surface area (Å²) in [5.74, 6) is -0.721. The molecule has 0 aliphatic rings. The van der Waals surface area contributed by atoms with Gasteiger partial charge in [0.25, 0.3) is 0 Å². The van der Waals surface area contributed by atoms with Crippen LogP contribution in [0.1, 0.15) is 18.2 Å². The van der Waals surface area contributed by atoms with E-state index in [-0.39, 0.29) is 18.1 Å². The summed E-state index contributed by atoms with van der Waals surface area (Å²) in [5.41, 5.74) is 1.72. The number of aromatic nitrogens is 8. The first-order chi connectivity index (χ1) is 15.0. The van der Waals surface area contributed by atoms with Gasteiger partial charge in [-0.1, -0.05) is 11.3 Å². The van der Waals surface area contributed by atoms with Crippen molar-refractivity contribution in [3.05, 3.63) is 70.4 Å². The Morgan fingerprint density at radius 2 is 2.19 bits per heavy atom. The van der Waals surface area contributed by atoms with Crippen molar-refractivity contribution in [2.24, 2.45) is 5.10 Å². The quantitative estimate of drug-likeness (QED) is 0.420. The number of hydrogen-bond acceptors (Lipinski definition) is 8. The number of hydrogen-bond donors (Lipinski definition) is 2. The molecule has 4 heterocycles. The SMILES string of the molecule is CC(=Nn1cc(O)[nH]c1=O)c1cnc2nnn(Cc3cc4cccnc4cc3F)c2n1. The van der Waals surface area contributed by atoms with Gasteiger partial charge < -0.3 is 5.11 Å². The van der Waals surface area contributed by atoms with Gasteiger partial charge in [0.15, 0.2) is 5.65 Å². The molecule has 1 aromatic carbocycles. The highest BCUT2D eigenvalue weighted by atomic mass is 19.1. The van der Waals surface area contributed by atoms with Crippen molar-refractivity contribution >= 4 is 27.9 Å². The summed E-state index contributed by atoms with van der Waals surface area (Å²) in [6, 6.07) is 6.72. The average Bonchev–Trinajstić information content (AvgIpc) is 3.30. The summed E-state index contributed by atoms with van der Waals surface area (Å²) in [6.07, 6.45) is 4.19. The van der Waals surface area contributed by atoms with Crippen molar-refractivity contribution in [2.75, 3.05) is 0 Å². The molecule has 5 aromatic rings. The van der Waals surface area contributed by atoms with Crippen LogP contribution in [0, 0.1) is 5.82 Å². The Hall–Kier alpha value is -4.48. The van der Waals surface area contributed by atoms with Gasteiger partial charge in [-0.2, -0.15) is 9.78 Å². The van der Waals surface area contributed by atoms with Gasteiger partial charge in [-0.15, -0.1) is 5.10 Å². The summed E-state index contributed by atoms with van der Waals surface area (Å²) in [5, 5.41) is 22.3. The number of aromatic hydroxyl groups is 1. The second-order valence-corrected chi connectivity index (χ2v) is 6.76. The minimum absolute atomic E-state index is 0.0899. The smallest absolute Gasteiger partial charge is 0.349 e. The highest BCUT2D eigenvalue weighted by Gasteiger charge is 2.14. The first-order valence-electron chi connectivity index (χ1n) is 9.14. The Labute approximate surface area is 172 Å². The van der Waals surface area contributed by atoms with Crippen LogP contribution >= 0.6 is 0 Å². The number of imidazole rings is 1. The third-order valence-electron chi connectivity index (χ3n) is 4.63. The molecule has 12 heteroatoms.